The van der Waals surface area contributed by atoms with Crippen molar-refractivity contribution >= 4 is 38.8 Å². The molecule has 1 aromatic heterocycles. The Morgan fingerprint density at radius 3 is 3.00 bits per heavy atom. The fourth-order valence-electron chi connectivity index (χ4n) is 2.88. The molecule has 1 saturated carbocycles. The van der Waals surface area contributed by atoms with E-state index >= 15 is 0 Å². The molecule has 0 saturated heterocycles. The van der Waals surface area contributed by atoms with E-state index in [1.165, 1.54) is 0 Å². The van der Waals surface area contributed by atoms with Gasteiger partial charge in [0.05, 0.1) is 29.5 Å². The first-order valence-electron chi connectivity index (χ1n) is 6.69. The van der Waals surface area contributed by atoms with Crippen molar-refractivity contribution in [1.29, 1.82) is 0 Å². The molecule has 4 rings (SSSR count). The zero-order valence-electron chi connectivity index (χ0n) is 10.8. The van der Waals surface area contributed by atoms with Crippen LogP contribution >= 0.6 is 15.9 Å². The highest BCUT2D eigenvalue weighted by molar-refractivity contribution is 9.10. The molecule has 1 aliphatic heterocycles. The maximum atomic E-state index is 11.4. The highest BCUT2D eigenvalue weighted by Crippen LogP contribution is 2.48. The topological polar surface area (TPSA) is 42.4 Å². The Labute approximate surface area is 124 Å². The van der Waals surface area contributed by atoms with Gasteiger partial charge in [0.25, 0.3) is 0 Å². The van der Waals surface area contributed by atoms with Gasteiger partial charge in [0, 0.05) is 9.86 Å². The second-order valence-electron chi connectivity index (χ2n) is 5.36. The van der Waals surface area contributed by atoms with Gasteiger partial charge in [0.1, 0.15) is 12.9 Å². The quantitative estimate of drug-likeness (QED) is 0.793. The summed E-state index contributed by atoms with van der Waals surface area (Å²) >= 11 is 3.49. The normalized spacial score (nSPS) is 19.4. The molecule has 20 heavy (non-hydrogen) atoms. The summed E-state index contributed by atoms with van der Waals surface area (Å²) in [6.45, 7) is 1.35. The number of carbonyl (C=O) groups excluding carboxylic acids is 1. The number of rotatable bonds is 2. The Bertz CT molecular complexity index is 712. The van der Waals surface area contributed by atoms with Gasteiger partial charge in [0.15, 0.2) is 5.75 Å². The third-order valence-corrected chi connectivity index (χ3v) is 4.63. The van der Waals surface area contributed by atoms with Gasteiger partial charge < -0.3 is 14.4 Å². The molecule has 1 aromatic carbocycles. The van der Waals surface area contributed by atoms with Crippen molar-refractivity contribution in [2.75, 3.05) is 18.1 Å². The molecule has 0 amide bonds. The fraction of sp³-hybridized carbons (Fsp3) is 0.333. The van der Waals surface area contributed by atoms with E-state index < -0.39 is 0 Å². The molecule has 0 spiro atoms. The molecule has 0 N–H and O–H groups in total. The number of hydrogen-bond acceptors (Lipinski definition) is 4. The summed E-state index contributed by atoms with van der Waals surface area (Å²) in [6, 6.07) is 5.95. The van der Waals surface area contributed by atoms with Crippen LogP contribution < -0.4 is 9.64 Å². The first-order valence-corrected chi connectivity index (χ1v) is 7.48. The van der Waals surface area contributed by atoms with Gasteiger partial charge in [-0.05, 0) is 31.0 Å². The van der Waals surface area contributed by atoms with E-state index in [2.05, 4.69) is 25.8 Å². The van der Waals surface area contributed by atoms with Gasteiger partial charge in [-0.1, -0.05) is 15.9 Å². The van der Waals surface area contributed by atoms with Crippen LogP contribution in [0.15, 0.2) is 28.9 Å². The number of hydrogen-bond donors (Lipinski definition) is 0. The molecule has 0 bridgehead atoms. The number of aromatic nitrogens is 1. The zero-order chi connectivity index (χ0) is 13.7. The molecule has 0 atom stereocenters. The van der Waals surface area contributed by atoms with Crippen molar-refractivity contribution in [3.05, 3.63) is 28.9 Å². The van der Waals surface area contributed by atoms with Gasteiger partial charge in [-0.3, -0.25) is 4.98 Å². The van der Waals surface area contributed by atoms with Gasteiger partial charge in [-0.25, -0.2) is 0 Å². The molecule has 4 nitrogen and oxygen atoms in total. The molecular weight excluding hydrogens is 320 g/mol. The molecule has 2 heterocycles. The number of pyridine rings is 1. The summed E-state index contributed by atoms with van der Waals surface area (Å²) in [5.74, 6) is 0.843. The maximum Gasteiger partial charge on any atom is 0.153 e. The molecule has 5 heteroatoms. The van der Waals surface area contributed by atoms with Crippen molar-refractivity contribution in [2.24, 2.45) is 0 Å². The molecule has 0 radical (unpaired) electrons. The zero-order valence-corrected chi connectivity index (χ0v) is 12.4. The minimum atomic E-state index is -0.320. The van der Waals surface area contributed by atoms with Crippen LogP contribution in [-0.4, -0.2) is 30.0 Å². The van der Waals surface area contributed by atoms with E-state index in [4.69, 9.17) is 4.74 Å². The van der Waals surface area contributed by atoms with Gasteiger partial charge in [0.2, 0.25) is 0 Å². The molecular formula is C15H13BrN2O2. The Morgan fingerprint density at radius 1 is 1.40 bits per heavy atom. The minimum Gasteiger partial charge on any atom is -0.489 e. The van der Waals surface area contributed by atoms with Crippen molar-refractivity contribution < 1.29 is 9.53 Å². The van der Waals surface area contributed by atoms with Crippen molar-refractivity contribution in [2.45, 2.75) is 18.4 Å². The third-order valence-electron chi connectivity index (χ3n) is 4.13. The fourth-order valence-corrected chi connectivity index (χ4v) is 3.24. The van der Waals surface area contributed by atoms with Crippen LogP contribution in [0.4, 0.5) is 5.69 Å². The highest BCUT2D eigenvalue weighted by Gasteiger charge is 2.50. The second kappa shape index (κ2) is 4.19. The van der Waals surface area contributed by atoms with Crippen LogP contribution in [-0.2, 0) is 4.79 Å². The lowest BCUT2D eigenvalue weighted by atomic mass is 10.1. The standard InChI is InChI=1S/C15H13BrN2O2/c16-10-1-2-12-11(7-10)14-13(8-17-12)18(5-6-20-14)15(9-19)3-4-15/h1-2,7-9H,3-6H2. The molecule has 102 valence electrons. The average molecular weight is 333 g/mol. The number of fused-ring (bicyclic) bond motifs is 3. The van der Waals surface area contributed by atoms with Crippen LogP contribution in [0, 0.1) is 0 Å². The number of carbonyl (C=O) groups is 1. The molecule has 2 aliphatic rings. The Kier molecular flexibility index (Phi) is 2.54. The monoisotopic (exact) mass is 332 g/mol. The lowest BCUT2D eigenvalue weighted by molar-refractivity contribution is -0.109. The molecule has 0 unspecified atom stereocenters. The summed E-state index contributed by atoms with van der Waals surface area (Å²) in [5.41, 5.74) is 1.52. The Balaban J connectivity index is 1.93. The van der Waals surface area contributed by atoms with Gasteiger partial charge in [-0.2, -0.15) is 0 Å². The van der Waals surface area contributed by atoms with Crippen LogP contribution in [0.5, 0.6) is 5.75 Å². The third kappa shape index (κ3) is 1.66. The SMILES string of the molecule is O=CC1(N2CCOc3c2cnc2ccc(Br)cc32)CC1. The summed E-state index contributed by atoms with van der Waals surface area (Å²) in [6.07, 6.45) is 4.75. The smallest absolute Gasteiger partial charge is 0.153 e. The van der Waals surface area contributed by atoms with Crippen LogP contribution in [0.3, 0.4) is 0 Å². The average Bonchev–Trinajstić information content (AvgIpc) is 3.27. The van der Waals surface area contributed by atoms with E-state index in [0.717, 1.165) is 52.5 Å². The van der Waals surface area contributed by atoms with Crippen LogP contribution in [0.1, 0.15) is 12.8 Å². The number of ether oxygens (including phenoxy) is 1. The molecule has 1 fully saturated rings. The van der Waals surface area contributed by atoms with Gasteiger partial charge >= 0.3 is 0 Å². The van der Waals surface area contributed by atoms with E-state index in [0.29, 0.717) is 6.61 Å². The lowest BCUT2D eigenvalue weighted by Gasteiger charge is -2.35. The largest absolute Gasteiger partial charge is 0.489 e. The lowest BCUT2D eigenvalue weighted by Crippen LogP contribution is -2.44. The van der Waals surface area contributed by atoms with Gasteiger partial charge in [-0.15, -0.1) is 0 Å². The van der Waals surface area contributed by atoms with Crippen molar-refractivity contribution in [3.8, 4) is 5.75 Å². The number of aldehydes is 1. The van der Waals surface area contributed by atoms with E-state index in [1.54, 1.807) is 0 Å². The number of nitrogens with zero attached hydrogens (tertiary/aromatic N) is 2. The molecule has 2 aromatic rings. The number of halogens is 1. The molecule has 1 aliphatic carbocycles. The summed E-state index contributed by atoms with van der Waals surface area (Å²) in [4.78, 5) is 18.1. The predicted octanol–water partition coefficient (Wildman–Crippen LogP) is 2.93. The van der Waals surface area contributed by atoms with Crippen LogP contribution in [0.25, 0.3) is 10.9 Å². The first-order chi connectivity index (χ1) is 9.73. The Hall–Kier alpha value is -1.62. The predicted molar refractivity (Wildman–Crippen MR) is 80.3 cm³/mol. The number of anilines is 1. The second-order valence-corrected chi connectivity index (χ2v) is 6.27. The van der Waals surface area contributed by atoms with Crippen molar-refractivity contribution in [3.63, 3.8) is 0 Å². The van der Waals surface area contributed by atoms with E-state index in [-0.39, 0.29) is 5.54 Å². The Morgan fingerprint density at radius 2 is 2.25 bits per heavy atom. The van der Waals surface area contributed by atoms with E-state index in [9.17, 15) is 4.79 Å². The van der Waals surface area contributed by atoms with Crippen molar-refractivity contribution in [1.82, 2.24) is 4.98 Å². The number of benzene rings is 1. The van der Waals surface area contributed by atoms with E-state index in [1.807, 2.05) is 24.4 Å². The highest BCUT2D eigenvalue weighted by atomic mass is 79.9. The summed E-state index contributed by atoms with van der Waals surface area (Å²) < 4.78 is 6.87. The first kappa shape index (κ1) is 12.1. The summed E-state index contributed by atoms with van der Waals surface area (Å²) in [5, 5.41) is 0.989. The minimum absolute atomic E-state index is 0.320. The summed E-state index contributed by atoms with van der Waals surface area (Å²) in [7, 11) is 0. The maximum absolute atomic E-state index is 11.4. The van der Waals surface area contributed by atoms with Crippen LogP contribution in [0.2, 0.25) is 0 Å².